The van der Waals surface area contributed by atoms with Gasteiger partial charge in [-0.25, -0.2) is 4.79 Å². The minimum Gasteiger partial charge on any atom is -0.365 e. The van der Waals surface area contributed by atoms with Crippen molar-refractivity contribution < 1.29 is 4.79 Å². The third-order valence-corrected chi connectivity index (χ3v) is 6.30. The molecular weight excluding hydrogens is 412 g/mol. The van der Waals surface area contributed by atoms with E-state index in [4.69, 9.17) is 22.9 Å². The van der Waals surface area contributed by atoms with Crippen molar-refractivity contribution in [2.24, 2.45) is 0 Å². The number of amides is 2. The number of nitrogens with one attached hydrogen (secondary N) is 2. The summed E-state index contributed by atoms with van der Waals surface area (Å²) < 4.78 is 1.59. The fourth-order valence-electron chi connectivity index (χ4n) is 4.27. The topological polar surface area (TPSA) is 90.4 Å². The Balaban J connectivity index is 1.43. The Bertz CT molecular complexity index is 1130. The van der Waals surface area contributed by atoms with E-state index in [0.29, 0.717) is 30.2 Å². The Labute approximate surface area is 186 Å². The number of carbonyl (C=O) groups excluding carboxylic acids is 1. The zero-order chi connectivity index (χ0) is 22.1. The van der Waals surface area contributed by atoms with E-state index in [9.17, 15) is 4.79 Å². The van der Waals surface area contributed by atoms with Gasteiger partial charge in [-0.3, -0.25) is 4.68 Å². The molecule has 2 aromatic carbocycles. The molecule has 1 saturated heterocycles. The van der Waals surface area contributed by atoms with Crippen LogP contribution >= 0.6 is 11.6 Å². The zero-order valence-corrected chi connectivity index (χ0v) is 18.4. The molecule has 0 aliphatic carbocycles. The summed E-state index contributed by atoms with van der Waals surface area (Å²) in [7, 11) is 0. The summed E-state index contributed by atoms with van der Waals surface area (Å²) in [5.41, 5.74) is 3.63. The van der Waals surface area contributed by atoms with Gasteiger partial charge >= 0.3 is 6.03 Å². The molecule has 0 spiro atoms. The third-order valence-electron chi connectivity index (χ3n) is 5.97. The maximum atomic E-state index is 13.0. The Morgan fingerprint density at radius 1 is 1.23 bits per heavy atom. The lowest BCUT2D eigenvalue weighted by molar-refractivity contribution is 0.160. The molecule has 162 valence electrons. The molecule has 4 N–H and O–H groups in total. The first-order valence-corrected chi connectivity index (χ1v) is 10.7. The number of nitrogens with zero attached hydrogens (tertiary/aromatic N) is 3. The summed E-state index contributed by atoms with van der Waals surface area (Å²) in [6.45, 7) is 5.89. The zero-order valence-electron chi connectivity index (χ0n) is 17.7. The molecule has 2 amide bonds. The Morgan fingerprint density at radius 2 is 2.00 bits per heavy atom. The van der Waals surface area contributed by atoms with Gasteiger partial charge in [-0.15, -0.1) is 0 Å². The molecule has 0 radical (unpaired) electrons. The van der Waals surface area contributed by atoms with E-state index < -0.39 is 0 Å². The molecule has 7 nitrogen and oxygen atoms in total. The fourth-order valence-corrected chi connectivity index (χ4v) is 4.50. The number of hydrogen-bond acceptors (Lipinski definition) is 4. The Morgan fingerprint density at radius 3 is 2.74 bits per heavy atom. The van der Waals surface area contributed by atoms with Gasteiger partial charge in [0.25, 0.3) is 0 Å². The number of hydrogen-bond donors (Lipinski definition) is 3. The molecule has 1 fully saturated rings. The van der Waals surface area contributed by atoms with Crippen LogP contribution in [0.1, 0.15) is 25.0 Å². The third kappa shape index (κ3) is 4.05. The van der Waals surface area contributed by atoms with Gasteiger partial charge in [0, 0.05) is 60.8 Å². The molecule has 3 aromatic rings. The Kier molecular flexibility index (Phi) is 5.78. The molecule has 0 saturated carbocycles. The molecule has 2 heterocycles. The summed E-state index contributed by atoms with van der Waals surface area (Å²) in [4.78, 5) is 17.1. The van der Waals surface area contributed by atoms with Crippen LogP contribution in [-0.2, 0) is 6.54 Å². The molecular formula is C23H27ClN6O. The van der Waals surface area contributed by atoms with Gasteiger partial charge < -0.3 is 26.4 Å². The van der Waals surface area contributed by atoms with Crippen molar-refractivity contribution in [1.29, 1.82) is 5.41 Å². The number of nitrogen functional groups attached to an aromatic ring is 1. The molecule has 1 aliphatic rings. The number of halogens is 1. The van der Waals surface area contributed by atoms with Crippen LogP contribution in [0.5, 0.6) is 0 Å². The quantitative estimate of drug-likeness (QED) is 0.427. The van der Waals surface area contributed by atoms with Crippen LogP contribution in [0.4, 0.5) is 10.5 Å². The first-order chi connectivity index (χ1) is 14.9. The SMILES string of the molecule is C[C@@H]1CN(c2ccc(C=N)c(Cl)c2)[C@@H](C)CN1C(=O)NCc1cn(N)c2ccccc12. The van der Waals surface area contributed by atoms with E-state index in [1.165, 1.54) is 6.21 Å². The van der Waals surface area contributed by atoms with Gasteiger partial charge in [0.1, 0.15) is 0 Å². The van der Waals surface area contributed by atoms with Crippen LogP contribution in [0.25, 0.3) is 10.9 Å². The second-order valence-electron chi connectivity index (χ2n) is 8.09. The summed E-state index contributed by atoms with van der Waals surface area (Å²) in [6.07, 6.45) is 3.11. The largest absolute Gasteiger partial charge is 0.365 e. The number of carbonyl (C=O) groups is 1. The predicted octanol–water partition coefficient (Wildman–Crippen LogP) is 3.81. The lowest BCUT2D eigenvalue weighted by Gasteiger charge is -2.45. The standard InChI is InChI=1S/C23H27ClN6O/c1-15-13-29(16(2)12-28(15)19-8-7-17(10-25)21(24)9-19)23(31)27-11-18-14-30(26)22-6-4-3-5-20(18)22/h3-10,14-16,25H,11-13,26H2,1-2H3,(H,27,31)/t15-,16+/m0/s1. The molecule has 8 heteroatoms. The van der Waals surface area contributed by atoms with E-state index in [1.54, 1.807) is 4.68 Å². The second-order valence-corrected chi connectivity index (χ2v) is 8.50. The average Bonchev–Trinajstić information content (AvgIpc) is 3.09. The second kappa shape index (κ2) is 8.51. The van der Waals surface area contributed by atoms with Crippen molar-refractivity contribution in [3.8, 4) is 0 Å². The van der Waals surface area contributed by atoms with Crippen molar-refractivity contribution in [2.75, 3.05) is 23.8 Å². The summed E-state index contributed by atoms with van der Waals surface area (Å²) in [6, 6.07) is 13.7. The van der Waals surface area contributed by atoms with Crippen molar-refractivity contribution >= 4 is 40.4 Å². The van der Waals surface area contributed by atoms with Crippen LogP contribution in [0.3, 0.4) is 0 Å². The molecule has 1 aliphatic heterocycles. The highest BCUT2D eigenvalue weighted by Crippen LogP contribution is 2.28. The molecule has 4 rings (SSSR count). The maximum Gasteiger partial charge on any atom is 0.318 e. The first kappa shape index (κ1) is 21.1. The molecule has 1 aromatic heterocycles. The number of anilines is 1. The van der Waals surface area contributed by atoms with Crippen LogP contribution in [0.2, 0.25) is 5.02 Å². The van der Waals surface area contributed by atoms with Crippen LogP contribution in [-0.4, -0.2) is 47.0 Å². The lowest BCUT2D eigenvalue weighted by Crippen LogP contribution is -2.60. The van der Waals surface area contributed by atoms with Gasteiger partial charge in [0.15, 0.2) is 0 Å². The predicted molar refractivity (Wildman–Crippen MR) is 127 cm³/mol. The summed E-state index contributed by atoms with van der Waals surface area (Å²) in [5, 5.41) is 12.1. The molecule has 31 heavy (non-hydrogen) atoms. The van der Waals surface area contributed by atoms with Crippen molar-refractivity contribution in [2.45, 2.75) is 32.5 Å². The van der Waals surface area contributed by atoms with Crippen LogP contribution in [0.15, 0.2) is 48.7 Å². The van der Waals surface area contributed by atoms with Gasteiger partial charge in [-0.05, 0) is 43.7 Å². The molecule has 0 bridgehead atoms. The average molecular weight is 439 g/mol. The summed E-state index contributed by atoms with van der Waals surface area (Å²) >= 11 is 6.29. The number of para-hydroxylation sites is 1. The highest BCUT2D eigenvalue weighted by molar-refractivity contribution is 6.33. The number of benzene rings is 2. The van der Waals surface area contributed by atoms with Crippen LogP contribution < -0.4 is 16.1 Å². The van der Waals surface area contributed by atoms with Crippen molar-refractivity contribution in [1.82, 2.24) is 14.9 Å². The van der Waals surface area contributed by atoms with Gasteiger partial charge in [-0.1, -0.05) is 29.8 Å². The number of rotatable bonds is 4. The minimum absolute atomic E-state index is 0.0354. The number of nitrogens with two attached hydrogens (primary N) is 1. The van der Waals surface area contributed by atoms with Crippen molar-refractivity contribution in [3.63, 3.8) is 0 Å². The minimum atomic E-state index is -0.0787. The highest BCUT2D eigenvalue weighted by atomic mass is 35.5. The number of aromatic nitrogens is 1. The van der Waals surface area contributed by atoms with E-state index in [0.717, 1.165) is 22.2 Å². The van der Waals surface area contributed by atoms with Crippen molar-refractivity contribution in [3.05, 3.63) is 64.8 Å². The van der Waals surface area contributed by atoms with E-state index in [1.807, 2.05) is 53.6 Å². The van der Waals surface area contributed by atoms with Crippen LogP contribution in [0, 0.1) is 5.41 Å². The highest BCUT2D eigenvalue weighted by Gasteiger charge is 2.32. The van der Waals surface area contributed by atoms with E-state index in [2.05, 4.69) is 24.1 Å². The van der Waals surface area contributed by atoms with Gasteiger partial charge in [0.05, 0.1) is 10.5 Å². The number of fused-ring (bicyclic) bond motifs is 1. The molecule has 2 atom stereocenters. The fraction of sp³-hybridized carbons (Fsp3) is 0.304. The molecule has 0 unspecified atom stereocenters. The summed E-state index contributed by atoms with van der Waals surface area (Å²) in [5.74, 6) is 6.03. The van der Waals surface area contributed by atoms with E-state index >= 15 is 0 Å². The Hall–Kier alpha value is -3.19. The normalized spacial score (nSPS) is 18.9. The first-order valence-electron chi connectivity index (χ1n) is 10.3. The number of urea groups is 1. The lowest BCUT2D eigenvalue weighted by atomic mass is 10.1. The maximum absolute atomic E-state index is 13.0. The number of piperazine rings is 1. The van der Waals surface area contributed by atoms with E-state index in [-0.39, 0.29) is 18.1 Å². The monoisotopic (exact) mass is 438 g/mol. The van der Waals surface area contributed by atoms with Gasteiger partial charge in [0.2, 0.25) is 0 Å². The van der Waals surface area contributed by atoms with Gasteiger partial charge in [-0.2, -0.15) is 0 Å². The smallest absolute Gasteiger partial charge is 0.318 e.